The number of H-pyrrole nitrogens is 1. The van der Waals surface area contributed by atoms with Gasteiger partial charge in [-0.25, -0.2) is 4.98 Å². The topological polar surface area (TPSA) is 89.7 Å². The lowest BCUT2D eigenvalue weighted by molar-refractivity contribution is 0.340. The van der Waals surface area contributed by atoms with Crippen LogP contribution in [0.15, 0.2) is 23.4 Å². The van der Waals surface area contributed by atoms with Crippen LogP contribution >= 0.6 is 23.1 Å². The molecule has 0 atom stereocenters. The van der Waals surface area contributed by atoms with E-state index in [-0.39, 0.29) is 0 Å². The molecule has 104 valence electrons. The molecule has 0 spiro atoms. The summed E-state index contributed by atoms with van der Waals surface area (Å²) in [4.78, 5) is 7.78. The second-order valence-corrected chi connectivity index (χ2v) is 6.03. The Labute approximate surface area is 123 Å². The van der Waals surface area contributed by atoms with Crippen molar-refractivity contribution in [3.8, 4) is 5.75 Å². The number of hydrogen-bond donors (Lipinski definition) is 2. The Morgan fingerprint density at radius 1 is 1.40 bits per heavy atom. The van der Waals surface area contributed by atoms with Crippen LogP contribution in [0.5, 0.6) is 5.75 Å². The molecule has 0 aliphatic rings. The second-order valence-electron chi connectivity index (χ2n) is 3.98. The van der Waals surface area contributed by atoms with Crippen LogP contribution in [0.4, 0.5) is 5.13 Å². The van der Waals surface area contributed by atoms with E-state index in [1.165, 1.54) is 11.3 Å². The first kappa shape index (κ1) is 13.2. The van der Waals surface area contributed by atoms with Gasteiger partial charge in [-0.15, -0.1) is 10.2 Å². The number of nitrogens with two attached hydrogens (primary N) is 1. The molecule has 0 radical (unpaired) electrons. The second kappa shape index (κ2) is 5.68. The number of hydrogen-bond acceptors (Lipinski definition) is 7. The summed E-state index contributed by atoms with van der Waals surface area (Å²) >= 11 is 2.97. The van der Waals surface area contributed by atoms with Crippen molar-refractivity contribution >= 4 is 39.3 Å². The molecular weight excluding hydrogens is 294 g/mol. The predicted octanol–water partition coefficient (Wildman–Crippen LogP) is 2.69. The summed E-state index contributed by atoms with van der Waals surface area (Å²) < 4.78 is 5.47. The SMILES string of the molecule is CCOc1ccc2nc(SCc3nnc(N)s3)[nH]c2c1. The zero-order chi connectivity index (χ0) is 13.9. The molecule has 0 aliphatic heterocycles. The van der Waals surface area contributed by atoms with Crippen molar-refractivity contribution in [1.29, 1.82) is 0 Å². The summed E-state index contributed by atoms with van der Waals surface area (Å²) in [5.41, 5.74) is 7.44. The molecule has 20 heavy (non-hydrogen) atoms. The van der Waals surface area contributed by atoms with E-state index in [1.807, 2.05) is 25.1 Å². The van der Waals surface area contributed by atoms with Crippen LogP contribution in [0.25, 0.3) is 11.0 Å². The molecular formula is C12H13N5OS2. The van der Waals surface area contributed by atoms with Crippen molar-refractivity contribution in [2.24, 2.45) is 0 Å². The number of thioether (sulfide) groups is 1. The molecule has 0 saturated carbocycles. The standard InChI is InChI=1S/C12H13N5OS2/c1-2-18-7-3-4-8-9(5-7)15-12(14-8)19-6-10-16-17-11(13)20-10/h3-5H,2,6H2,1H3,(H2,13,17)(H,14,15). The minimum atomic E-state index is 0.492. The predicted molar refractivity (Wildman–Crippen MR) is 81.1 cm³/mol. The number of aromatic nitrogens is 4. The van der Waals surface area contributed by atoms with E-state index in [4.69, 9.17) is 10.5 Å². The number of ether oxygens (including phenoxy) is 1. The fourth-order valence-corrected chi connectivity index (χ4v) is 3.23. The van der Waals surface area contributed by atoms with E-state index in [9.17, 15) is 0 Å². The van der Waals surface area contributed by atoms with Gasteiger partial charge < -0.3 is 15.5 Å². The molecule has 6 nitrogen and oxygen atoms in total. The van der Waals surface area contributed by atoms with E-state index in [1.54, 1.807) is 11.8 Å². The molecule has 2 heterocycles. The van der Waals surface area contributed by atoms with Gasteiger partial charge in [-0.2, -0.15) is 0 Å². The number of nitrogens with zero attached hydrogens (tertiary/aromatic N) is 3. The van der Waals surface area contributed by atoms with Gasteiger partial charge in [0.25, 0.3) is 0 Å². The molecule has 0 aliphatic carbocycles. The van der Waals surface area contributed by atoms with Crippen LogP contribution in [0.1, 0.15) is 11.9 Å². The quantitative estimate of drug-likeness (QED) is 0.704. The van der Waals surface area contributed by atoms with Crippen LogP contribution in [0.2, 0.25) is 0 Å². The first-order valence-electron chi connectivity index (χ1n) is 6.08. The molecule has 0 fully saturated rings. The maximum absolute atomic E-state index is 5.55. The average molecular weight is 307 g/mol. The minimum absolute atomic E-state index is 0.492. The Kier molecular flexibility index (Phi) is 3.75. The number of fused-ring (bicyclic) bond motifs is 1. The lowest BCUT2D eigenvalue weighted by Crippen LogP contribution is -1.90. The van der Waals surface area contributed by atoms with Crippen LogP contribution in [0, 0.1) is 0 Å². The van der Waals surface area contributed by atoms with E-state index < -0.39 is 0 Å². The van der Waals surface area contributed by atoms with Crippen molar-refractivity contribution in [3.63, 3.8) is 0 Å². The highest BCUT2D eigenvalue weighted by Crippen LogP contribution is 2.26. The summed E-state index contributed by atoms with van der Waals surface area (Å²) in [5, 5.41) is 10.0. The number of imidazole rings is 1. The van der Waals surface area contributed by atoms with E-state index in [2.05, 4.69) is 20.2 Å². The molecule has 8 heteroatoms. The maximum Gasteiger partial charge on any atom is 0.203 e. The Balaban J connectivity index is 1.75. The number of nitrogens with one attached hydrogen (secondary N) is 1. The first-order chi connectivity index (χ1) is 9.74. The van der Waals surface area contributed by atoms with Gasteiger partial charge in [0.15, 0.2) is 5.16 Å². The van der Waals surface area contributed by atoms with Crippen LogP contribution in [-0.4, -0.2) is 26.8 Å². The lowest BCUT2D eigenvalue weighted by atomic mass is 10.3. The van der Waals surface area contributed by atoms with Crippen molar-refractivity contribution in [2.75, 3.05) is 12.3 Å². The molecule has 0 saturated heterocycles. The largest absolute Gasteiger partial charge is 0.494 e. The molecule has 1 aromatic carbocycles. The molecule has 3 rings (SSSR count). The molecule has 0 amide bonds. The summed E-state index contributed by atoms with van der Waals surface area (Å²) in [6, 6.07) is 5.83. The highest BCUT2D eigenvalue weighted by atomic mass is 32.2. The summed E-state index contributed by atoms with van der Waals surface area (Å²) in [7, 11) is 0. The number of rotatable bonds is 5. The Hall–Kier alpha value is -1.80. The van der Waals surface area contributed by atoms with Crippen molar-refractivity contribution < 1.29 is 4.74 Å². The van der Waals surface area contributed by atoms with Crippen LogP contribution in [0.3, 0.4) is 0 Å². The first-order valence-corrected chi connectivity index (χ1v) is 7.88. The third-order valence-electron chi connectivity index (χ3n) is 2.56. The Bertz CT molecular complexity index is 724. The lowest BCUT2D eigenvalue weighted by Gasteiger charge is -2.00. The Morgan fingerprint density at radius 3 is 3.05 bits per heavy atom. The zero-order valence-corrected chi connectivity index (χ0v) is 12.4. The number of nitrogen functional groups attached to an aromatic ring is 1. The monoisotopic (exact) mass is 307 g/mol. The Morgan fingerprint density at radius 2 is 2.30 bits per heavy atom. The number of anilines is 1. The summed E-state index contributed by atoms with van der Waals surface area (Å²) in [5.74, 6) is 1.55. The van der Waals surface area contributed by atoms with Gasteiger partial charge in [0.1, 0.15) is 10.8 Å². The minimum Gasteiger partial charge on any atom is -0.494 e. The molecule has 3 N–H and O–H groups in total. The summed E-state index contributed by atoms with van der Waals surface area (Å²) in [6.45, 7) is 2.62. The van der Waals surface area contributed by atoms with Gasteiger partial charge in [-0.05, 0) is 19.1 Å². The van der Waals surface area contributed by atoms with E-state index >= 15 is 0 Å². The van der Waals surface area contributed by atoms with Gasteiger partial charge in [-0.1, -0.05) is 23.1 Å². The fourth-order valence-electron chi connectivity index (χ4n) is 1.75. The molecule has 0 bridgehead atoms. The highest BCUT2D eigenvalue weighted by molar-refractivity contribution is 7.98. The van der Waals surface area contributed by atoms with Crippen molar-refractivity contribution in [2.45, 2.75) is 17.8 Å². The fraction of sp³-hybridized carbons (Fsp3) is 0.250. The maximum atomic E-state index is 5.55. The van der Waals surface area contributed by atoms with Crippen LogP contribution in [-0.2, 0) is 5.75 Å². The van der Waals surface area contributed by atoms with Crippen molar-refractivity contribution in [1.82, 2.24) is 20.2 Å². The van der Waals surface area contributed by atoms with Crippen molar-refractivity contribution in [3.05, 3.63) is 23.2 Å². The molecule has 0 unspecified atom stereocenters. The third kappa shape index (κ3) is 2.86. The highest BCUT2D eigenvalue weighted by Gasteiger charge is 2.07. The smallest absolute Gasteiger partial charge is 0.203 e. The van der Waals surface area contributed by atoms with Gasteiger partial charge >= 0.3 is 0 Å². The van der Waals surface area contributed by atoms with E-state index in [0.29, 0.717) is 17.5 Å². The molecule has 2 aromatic heterocycles. The van der Waals surface area contributed by atoms with E-state index in [0.717, 1.165) is 26.9 Å². The van der Waals surface area contributed by atoms with Gasteiger partial charge in [0, 0.05) is 6.07 Å². The number of benzene rings is 1. The third-order valence-corrected chi connectivity index (χ3v) is 4.38. The van der Waals surface area contributed by atoms with Crippen LogP contribution < -0.4 is 10.5 Å². The van der Waals surface area contributed by atoms with Gasteiger partial charge in [0.2, 0.25) is 5.13 Å². The van der Waals surface area contributed by atoms with Gasteiger partial charge in [-0.3, -0.25) is 0 Å². The summed E-state index contributed by atoms with van der Waals surface area (Å²) in [6.07, 6.45) is 0. The van der Waals surface area contributed by atoms with Gasteiger partial charge in [0.05, 0.1) is 23.4 Å². The average Bonchev–Trinajstić information content (AvgIpc) is 3.02. The number of aromatic amines is 1. The molecule has 3 aromatic rings. The zero-order valence-electron chi connectivity index (χ0n) is 10.8. The normalized spacial score (nSPS) is 11.1.